The molecule has 0 saturated carbocycles. The van der Waals surface area contributed by atoms with Crippen LogP contribution in [0.1, 0.15) is 24.8 Å². The normalized spacial score (nSPS) is 15.9. The molecule has 1 heterocycles. The summed E-state index contributed by atoms with van der Waals surface area (Å²) in [6.07, 6.45) is 1.35. The highest BCUT2D eigenvalue weighted by Gasteiger charge is 2.29. The van der Waals surface area contributed by atoms with Crippen LogP contribution < -0.4 is 10.6 Å². The summed E-state index contributed by atoms with van der Waals surface area (Å²) in [6.45, 7) is 0. The fraction of sp³-hybridized carbons (Fsp3) is 0.250. The molecule has 1 aromatic rings. The summed E-state index contributed by atoms with van der Waals surface area (Å²) >= 11 is 8.28. The Balaban J connectivity index is 2.52. The number of carbonyl (C=O) groups excluding carboxylic acids is 2. The van der Waals surface area contributed by atoms with E-state index in [0.29, 0.717) is 30.5 Å². The van der Waals surface area contributed by atoms with E-state index >= 15 is 0 Å². The third-order valence-electron chi connectivity index (χ3n) is 2.75. The van der Waals surface area contributed by atoms with Crippen LogP contribution in [0.15, 0.2) is 22.7 Å². The van der Waals surface area contributed by atoms with Crippen molar-refractivity contribution in [2.45, 2.75) is 19.3 Å². The number of amides is 2. The zero-order valence-corrected chi connectivity index (χ0v) is 11.9. The number of benzene rings is 1. The molecule has 18 heavy (non-hydrogen) atoms. The lowest BCUT2D eigenvalue weighted by Gasteiger charge is -2.26. The number of hydrogen-bond acceptors (Lipinski definition) is 3. The Hall–Kier alpha value is -1.27. The van der Waals surface area contributed by atoms with Crippen LogP contribution in [-0.2, 0) is 9.59 Å². The summed E-state index contributed by atoms with van der Waals surface area (Å²) < 4.78 is 0.797. The van der Waals surface area contributed by atoms with Crippen molar-refractivity contribution in [2.75, 3.05) is 4.90 Å². The maximum Gasteiger partial charge on any atom is 0.233 e. The lowest BCUT2D eigenvalue weighted by molar-refractivity contribution is -0.129. The molecule has 6 heteroatoms. The first-order valence-corrected chi connectivity index (χ1v) is 6.66. The summed E-state index contributed by atoms with van der Waals surface area (Å²) in [7, 11) is 0. The quantitative estimate of drug-likeness (QED) is 0.668. The van der Waals surface area contributed by atoms with Gasteiger partial charge in [-0.1, -0.05) is 28.1 Å². The van der Waals surface area contributed by atoms with Gasteiger partial charge in [-0.2, -0.15) is 0 Å². The van der Waals surface area contributed by atoms with Crippen LogP contribution in [0.4, 0.5) is 5.69 Å². The molecular weight excluding hydrogens is 316 g/mol. The molecule has 1 aromatic carbocycles. The Morgan fingerprint density at radius 1 is 1.28 bits per heavy atom. The van der Waals surface area contributed by atoms with Crippen LogP contribution in [-0.4, -0.2) is 16.8 Å². The van der Waals surface area contributed by atoms with Gasteiger partial charge in [-0.05, 0) is 24.6 Å². The van der Waals surface area contributed by atoms with E-state index in [9.17, 15) is 9.59 Å². The van der Waals surface area contributed by atoms with E-state index in [2.05, 4.69) is 15.9 Å². The predicted octanol–water partition coefficient (Wildman–Crippen LogP) is 2.13. The van der Waals surface area contributed by atoms with Gasteiger partial charge in [0.2, 0.25) is 11.8 Å². The highest BCUT2D eigenvalue weighted by molar-refractivity contribution is 9.10. The molecule has 2 N–H and O–H groups in total. The summed E-state index contributed by atoms with van der Waals surface area (Å²) in [5.41, 5.74) is 6.65. The van der Waals surface area contributed by atoms with E-state index in [4.69, 9.17) is 18.0 Å². The molecule has 1 fully saturated rings. The monoisotopic (exact) mass is 326 g/mol. The Morgan fingerprint density at radius 3 is 2.44 bits per heavy atom. The van der Waals surface area contributed by atoms with Crippen LogP contribution in [0.3, 0.4) is 0 Å². The van der Waals surface area contributed by atoms with E-state index in [1.165, 1.54) is 4.90 Å². The van der Waals surface area contributed by atoms with Gasteiger partial charge in [-0.15, -0.1) is 0 Å². The number of thiocarbonyl (C=S) groups is 1. The summed E-state index contributed by atoms with van der Waals surface area (Å²) in [5.74, 6) is -0.405. The summed E-state index contributed by atoms with van der Waals surface area (Å²) in [6, 6.07) is 5.15. The number of hydrogen-bond donors (Lipinski definition) is 1. The highest BCUT2D eigenvalue weighted by atomic mass is 79.9. The number of halogens is 1. The molecule has 2 rings (SSSR count). The van der Waals surface area contributed by atoms with E-state index in [1.807, 2.05) is 0 Å². The minimum absolute atomic E-state index is 0.164. The molecule has 1 aliphatic heterocycles. The van der Waals surface area contributed by atoms with Crippen LogP contribution >= 0.6 is 28.1 Å². The van der Waals surface area contributed by atoms with E-state index in [-0.39, 0.29) is 16.8 Å². The molecule has 1 saturated heterocycles. The lowest BCUT2D eigenvalue weighted by atomic mass is 10.1. The van der Waals surface area contributed by atoms with Gasteiger partial charge in [-0.3, -0.25) is 9.59 Å². The maximum atomic E-state index is 11.9. The standard InChI is InChI=1S/C12H11BrN2O2S/c13-7-4-5-9(8(6-7)12(14)18)15-10(16)2-1-3-11(15)17/h4-6H,1-3H2,(H2,14,18). The third-order valence-corrected chi connectivity index (χ3v) is 3.46. The summed E-state index contributed by atoms with van der Waals surface area (Å²) in [5, 5.41) is 0. The van der Waals surface area contributed by atoms with Gasteiger partial charge < -0.3 is 5.73 Å². The van der Waals surface area contributed by atoms with Gasteiger partial charge in [0.25, 0.3) is 0 Å². The van der Waals surface area contributed by atoms with Crippen molar-refractivity contribution in [3.63, 3.8) is 0 Å². The fourth-order valence-corrected chi connectivity index (χ4v) is 2.45. The number of nitrogens with two attached hydrogens (primary N) is 1. The highest BCUT2D eigenvalue weighted by Crippen LogP contribution is 2.28. The van der Waals surface area contributed by atoms with Crippen molar-refractivity contribution in [1.29, 1.82) is 0 Å². The number of nitrogens with zero attached hydrogens (tertiary/aromatic N) is 1. The first-order valence-electron chi connectivity index (χ1n) is 5.46. The van der Waals surface area contributed by atoms with Crippen molar-refractivity contribution in [3.8, 4) is 0 Å². The average molecular weight is 327 g/mol. The van der Waals surface area contributed by atoms with E-state index in [0.717, 1.165) is 4.47 Å². The van der Waals surface area contributed by atoms with Gasteiger partial charge in [-0.25, -0.2) is 4.90 Å². The fourth-order valence-electron chi connectivity index (χ4n) is 1.92. The Labute approximate surface area is 118 Å². The topological polar surface area (TPSA) is 63.4 Å². The van der Waals surface area contributed by atoms with Crippen molar-refractivity contribution >= 4 is 50.6 Å². The van der Waals surface area contributed by atoms with Gasteiger partial charge in [0.1, 0.15) is 4.99 Å². The molecule has 94 valence electrons. The molecule has 2 amide bonds. The first-order chi connectivity index (χ1) is 8.50. The Bertz CT molecular complexity index is 529. The minimum atomic E-state index is -0.203. The zero-order valence-electron chi connectivity index (χ0n) is 9.48. The number of rotatable bonds is 2. The van der Waals surface area contributed by atoms with Crippen molar-refractivity contribution in [2.24, 2.45) is 5.73 Å². The van der Waals surface area contributed by atoms with Gasteiger partial charge in [0.15, 0.2) is 0 Å². The van der Waals surface area contributed by atoms with Crippen molar-refractivity contribution in [1.82, 2.24) is 0 Å². The van der Waals surface area contributed by atoms with Gasteiger partial charge in [0, 0.05) is 22.9 Å². The first kappa shape index (κ1) is 13.2. The molecule has 0 bridgehead atoms. The van der Waals surface area contributed by atoms with E-state index < -0.39 is 0 Å². The van der Waals surface area contributed by atoms with Gasteiger partial charge >= 0.3 is 0 Å². The second kappa shape index (κ2) is 5.16. The number of imide groups is 1. The average Bonchev–Trinajstić information content (AvgIpc) is 2.30. The van der Waals surface area contributed by atoms with Crippen LogP contribution in [0.25, 0.3) is 0 Å². The maximum absolute atomic E-state index is 11.9. The molecular formula is C12H11BrN2O2S. The van der Waals surface area contributed by atoms with Crippen LogP contribution in [0.5, 0.6) is 0 Å². The molecule has 0 aliphatic carbocycles. The second-order valence-corrected chi connectivity index (χ2v) is 5.36. The predicted molar refractivity (Wildman–Crippen MR) is 76.4 cm³/mol. The number of piperidine rings is 1. The molecule has 0 atom stereocenters. The Kier molecular flexibility index (Phi) is 3.77. The Morgan fingerprint density at radius 2 is 1.89 bits per heavy atom. The summed E-state index contributed by atoms with van der Waals surface area (Å²) in [4.78, 5) is 25.1. The van der Waals surface area contributed by atoms with Crippen LogP contribution in [0.2, 0.25) is 0 Å². The zero-order chi connectivity index (χ0) is 13.3. The smallest absolute Gasteiger partial charge is 0.233 e. The molecule has 0 radical (unpaired) electrons. The molecule has 0 spiro atoms. The van der Waals surface area contributed by atoms with Crippen molar-refractivity contribution < 1.29 is 9.59 Å². The van der Waals surface area contributed by atoms with Gasteiger partial charge in [0.05, 0.1) is 5.69 Å². The van der Waals surface area contributed by atoms with E-state index in [1.54, 1.807) is 18.2 Å². The second-order valence-electron chi connectivity index (χ2n) is 4.00. The minimum Gasteiger partial charge on any atom is -0.389 e. The number of carbonyl (C=O) groups is 2. The SMILES string of the molecule is NC(=S)c1cc(Br)ccc1N1C(=O)CCCC1=O. The molecule has 1 aliphatic rings. The molecule has 4 nitrogen and oxygen atoms in total. The molecule has 0 unspecified atom stereocenters. The van der Waals surface area contributed by atoms with Crippen LogP contribution in [0, 0.1) is 0 Å². The third kappa shape index (κ3) is 2.44. The largest absolute Gasteiger partial charge is 0.389 e. The van der Waals surface area contributed by atoms with Crippen molar-refractivity contribution in [3.05, 3.63) is 28.2 Å². The lowest BCUT2D eigenvalue weighted by Crippen LogP contribution is -2.41. The number of anilines is 1. The molecule has 0 aromatic heterocycles.